The molecule has 2 fully saturated rings. The first-order valence-electron chi connectivity index (χ1n) is 7.06. The fourth-order valence-corrected chi connectivity index (χ4v) is 3.32. The summed E-state index contributed by atoms with van der Waals surface area (Å²) in [6, 6.07) is 0. The molecule has 0 aromatic carbocycles. The summed E-state index contributed by atoms with van der Waals surface area (Å²) < 4.78 is 0. The van der Waals surface area contributed by atoms with Gasteiger partial charge in [-0.05, 0) is 37.8 Å². The molecule has 2 N–H and O–H groups in total. The Morgan fingerprint density at radius 2 is 1.85 bits per heavy atom. The van der Waals surface area contributed by atoms with Gasteiger partial charge >= 0.3 is 0 Å². The van der Waals surface area contributed by atoms with Crippen LogP contribution in [0.2, 0.25) is 0 Å². The monoisotopic (exact) mass is 273 g/mol. The largest absolute Gasteiger partial charge is 0.398 e. The van der Waals surface area contributed by atoms with Crippen LogP contribution >= 0.6 is 0 Å². The Morgan fingerprint density at radius 1 is 1.25 bits per heavy atom. The Labute approximate surface area is 118 Å². The van der Waals surface area contributed by atoms with Crippen molar-refractivity contribution in [1.82, 2.24) is 9.88 Å². The molecule has 1 aliphatic heterocycles. The molecule has 0 bridgehead atoms. The second-order valence-electron chi connectivity index (χ2n) is 5.83. The lowest BCUT2D eigenvalue weighted by Gasteiger charge is -2.17. The molecule has 0 spiro atoms. The summed E-state index contributed by atoms with van der Waals surface area (Å²) in [5, 5.41) is 0. The van der Waals surface area contributed by atoms with Crippen molar-refractivity contribution in [2.24, 2.45) is 11.8 Å². The van der Waals surface area contributed by atoms with Gasteiger partial charge in [-0.1, -0.05) is 6.42 Å². The number of nitrogens with zero attached hydrogens (tertiary/aromatic N) is 2. The molecule has 2 aliphatic rings. The Balaban J connectivity index is 1.87. The van der Waals surface area contributed by atoms with Crippen LogP contribution in [-0.4, -0.2) is 21.7 Å². The normalized spacial score (nSPS) is 25.4. The number of aromatic nitrogens is 1. The SMILES string of the molecule is Cc1cnc(CN2C(=O)C3CCCC3C2=O)c(C)c1N. The van der Waals surface area contributed by atoms with Crippen LogP contribution in [0.4, 0.5) is 5.69 Å². The average Bonchev–Trinajstić information content (AvgIpc) is 2.99. The first-order chi connectivity index (χ1) is 9.50. The lowest BCUT2D eigenvalue weighted by molar-refractivity contribution is -0.141. The zero-order valence-corrected chi connectivity index (χ0v) is 11.8. The van der Waals surface area contributed by atoms with E-state index in [4.69, 9.17) is 5.73 Å². The number of nitrogen functional groups attached to an aromatic ring is 1. The summed E-state index contributed by atoms with van der Waals surface area (Å²) in [4.78, 5) is 30.3. The molecule has 2 unspecified atom stereocenters. The van der Waals surface area contributed by atoms with Gasteiger partial charge in [0.25, 0.3) is 0 Å². The Kier molecular flexibility index (Phi) is 3.00. The van der Waals surface area contributed by atoms with Crippen LogP contribution in [0.15, 0.2) is 6.20 Å². The van der Waals surface area contributed by atoms with Gasteiger partial charge in [0.15, 0.2) is 0 Å². The van der Waals surface area contributed by atoms with Crippen LogP contribution < -0.4 is 5.73 Å². The molecule has 5 nitrogen and oxygen atoms in total. The van der Waals surface area contributed by atoms with Crippen molar-refractivity contribution in [3.63, 3.8) is 0 Å². The van der Waals surface area contributed by atoms with E-state index in [1.165, 1.54) is 4.90 Å². The zero-order valence-electron chi connectivity index (χ0n) is 11.8. The van der Waals surface area contributed by atoms with Crippen LogP contribution in [0.1, 0.15) is 36.1 Å². The first kappa shape index (κ1) is 13.1. The van der Waals surface area contributed by atoms with Gasteiger partial charge in [0, 0.05) is 11.9 Å². The maximum absolute atomic E-state index is 12.3. The quantitative estimate of drug-likeness (QED) is 0.830. The number of anilines is 1. The minimum Gasteiger partial charge on any atom is -0.398 e. The van der Waals surface area contributed by atoms with Gasteiger partial charge < -0.3 is 5.73 Å². The van der Waals surface area contributed by atoms with E-state index in [0.717, 1.165) is 36.1 Å². The van der Waals surface area contributed by atoms with Crippen molar-refractivity contribution >= 4 is 17.5 Å². The van der Waals surface area contributed by atoms with Gasteiger partial charge in [0.05, 0.1) is 24.1 Å². The van der Waals surface area contributed by atoms with E-state index in [1.54, 1.807) is 6.20 Å². The molecule has 2 heterocycles. The molecule has 1 saturated heterocycles. The number of rotatable bonds is 2. The standard InChI is InChI=1S/C15H19N3O2/c1-8-6-17-12(9(2)13(8)16)7-18-14(19)10-4-3-5-11(10)15(18)20/h6,10-11H,3-5,7H2,1-2H3,(H2,16,17). The van der Waals surface area contributed by atoms with Crippen molar-refractivity contribution < 1.29 is 9.59 Å². The minimum absolute atomic E-state index is 0.0298. The molecule has 2 atom stereocenters. The molecule has 0 radical (unpaired) electrons. The third-order valence-electron chi connectivity index (χ3n) is 4.67. The van der Waals surface area contributed by atoms with Crippen molar-refractivity contribution in [3.8, 4) is 0 Å². The molecule has 3 rings (SSSR count). The molecule has 1 saturated carbocycles. The van der Waals surface area contributed by atoms with E-state index in [2.05, 4.69) is 4.98 Å². The number of fused-ring (bicyclic) bond motifs is 1. The summed E-state index contributed by atoms with van der Waals surface area (Å²) >= 11 is 0. The van der Waals surface area contributed by atoms with Crippen LogP contribution in [-0.2, 0) is 16.1 Å². The Hall–Kier alpha value is -1.91. The van der Waals surface area contributed by atoms with E-state index < -0.39 is 0 Å². The highest BCUT2D eigenvalue weighted by molar-refractivity contribution is 6.05. The Bertz CT molecular complexity index is 575. The number of aryl methyl sites for hydroxylation is 1. The lowest BCUT2D eigenvalue weighted by atomic mass is 10.00. The van der Waals surface area contributed by atoms with Crippen molar-refractivity contribution in [2.45, 2.75) is 39.7 Å². The summed E-state index contributed by atoms with van der Waals surface area (Å²) in [7, 11) is 0. The van der Waals surface area contributed by atoms with E-state index in [9.17, 15) is 9.59 Å². The summed E-state index contributed by atoms with van der Waals surface area (Å²) in [5.41, 5.74) is 9.18. The maximum atomic E-state index is 12.3. The van der Waals surface area contributed by atoms with Gasteiger partial charge in [-0.15, -0.1) is 0 Å². The van der Waals surface area contributed by atoms with E-state index in [0.29, 0.717) is 5.69 Å². The van der Waals surface area contributed by atoms with Crippen molar-refractivity contribution in [3.05, 3.63) is 23.0 Å². The van der Waals surface area contributed by atoms with E-state index in [1.807, 2.05) is 13.8 Å². The summed E-state index contributed by atoms with van der Waals surface area (Å²) in [6.45, 7) is 4.03. The molecule has 20 heavy (non-hydrogen) atoms. The van der Waals surface area contributed by atoms with Crippen molar-refractivity contribution in [1.29, 1.82) is 0 Å². The van der Waals surface area contributed by atoms with Gasteiger partial charge in [0.1, 0.15) is 0 Å². The molecule has 106 valence electrons. The number of hydrogen-bond acceptors (Lipinski definition) is 4. The molecule has 2 amide bonds. The number of hydrogen-bond donors (Lipinski definition) is 1. The number of carbonyl (C=O) groups excluding carboxylic acids is 2. The average molecular weight is 273 g/mol. The van der Waals surface area contributed by atoms with E-state index in [-0.39, 0.29) is 30.2 Å². The fourth-order valence-electron chi connectivity index (χ4n) is 3.32. The third-order valence-corrected chi connectivity index (χ3v) is 4.67. The topological polar surface area (TPSA) is 76.3 Å². The highest BCUT2D eigenvalue weighted by Gasteiger charge is 2.49. The molecular weight excluding hydrogens is 254 g/mol. The van der Waals surface area contributed by atoms with Gasteiger partial charge in [-0.2, -0.15) is 0 Å². The lowest BCUT2D eigenvalue weighted by Crippen LogP contribution is -2.32. The van der Waals surface area contributed by atoms with Crippen LogP contribution in [0.25, 0.3) is 0 Å². The van der Waals surface area contributed by atoms with Gasteiger partial charge in [0.2, 0.25) is 11.8 Å². The zero-order chi connectivity index (χ0) is 14.4. The fraction of sp³-hybridized carbons (Fsp3) is 0.533. The van der Waals surface area contributed by atoms with Crippen LogP contribution in [0.5, 0.6) is 0 Å². The number of pyridine rings is 1. The highest BCUT2D eigenvalue weighted by atomic mass is 16.2. The van der Waals surface area contributed by atoms with Gasteiger partial charge in [-0.3, -0.25) is 19.5 Å². The second kappa shape index (κ2) is 4.58. The maximum Gasteiger partial charge on any atom is 0.233 e. The minimum atomic E-state index is -0.0920. The Morgan fingerprint density at radius 3 is 2.45 bits per heavy atom. The highest BCUT2D eigenvalue weighted by Crippen LogP contribution is 2.40. The molecule has 1 aromatic rings. The smallest absolute Gasteiger partial charge is 0.233 e. The number of imide groups is 1. The first-order valence-corrected chi connectivity index (χ1v) is 7.06. The molecule has 1 aromatic heterocycles. The number of amides is 2. The second-order valence-corrected chi connectivity index (χ2v) is 5.83. The van der Waals surface area contributed by atoms with Crippen molar-refractivity contribution in [2.75, 3.05) is 5.73 Å². The number of likely N-dealkylation sites (tertiary alicyclic amines) is 1. The molecular formula is C15H19N3O2. The predicted molar refractivity (Wildman–Crippen MR) is 74.5 cm³/mol. The van der Waals surface area contributed by atoms with Gasteiger partial charge in [-0.25, -0.2) is 0 Å². The van der Waals surface area contributed by atoms with Crippen LogP contribution in [0, 0.1) is 25.7 Å². The van der Waals surface area contributed by atoms with E-state index >= 15 is 0 Å². The molecule has 5 heteroatoms. The number of carbonyl (C=O) groups is 2. The third kappa shape index (κ3) is 1.80. The van der Waals surface area contributed by atoms with Crippen LogP contribution in [0.3, 0.4) is 0 Å². The summed E-state index contributed by atoms with van der Waals surface area (Å²) in [6.07, 6.45) is 4.36. The summed E-state index contributed by atoms with van der Waals surface area (Å²) in [5.74, 6) is -0.244. The molecule has 1 aliphatic carbocycles. The number of nitrogens with two attached hydrogens (primary N) is 1. The predicted octanol–water partition coefficient (Wildman–Crippen LogP) is 1.57.